The van der Waals surface area contributed by atoms with E-state index in [2.05, 4.69) is 4.98 Å². The highest BCUT2D eigenvalue weighted by Gasteiger charge is 2.23. The second-order valence-corrected chi connectivity index (χ2v) is 4.76. The third kappa shape index (κ3) is 2.18. The third-order valence-electron chi connectivity index (χ3n) is 3.02. The van der Waals surface area contributed by atoms with Crippen LogP contribution in [0.3, 0.4) is 0 Å². The highest BCUT2D eigenvalue weighted by molar-refractivity contribution is 5.80. The zero-order valence-corrected chi connectivity index (χ0v) is 10.8. The molecule has 6 heteroatoms. The number of imidazole rings is 1. The molecule has 1 aromatic carbocycles. The quantitative estimate of drug-likeness (QED) is 0.930. The first kappa shape index (κ1) is 13.5. The second-order valence-electron chi connectivity index (χ2n) is 4.76. The maximum Gasteiger partial charge on any atom is 0.326 e. The van der Waals surface area contributed by atoms with Gasteiger partial charge in [0.2, 0.25) is 0 Å². The van der Waals surface area contributed by atoms with Gasteiger partial charge in [0.15, 0.2) is 11.6 Å². The molecule has 4 nitrogen and oxygen atoms in total. The van der Waals surface area contributed by atoms with Crippen molar-refractivity contribution in [1.82, 2.24) is 9.55 Å². The van der Waals surface area contributed by atoms with Gasteiger partial charge in [0.05, 0.1) is 11.0 Å². The van der Waals surface area contributed by atoms with Gasteiger partial charge in [-0.25, -0.2) is 18.6 Å². The lowest BCUT2D eigenvalue weighted by Gasteiger charge is -2.15. The zero-order valence-electron chi connectivity index (χ0n) is 10.8. The number of benzene rings is 1. The molecule has 0 spiro atoms. The van der Waals surface area contributed by atoms with Gasteiger partial charge in [-0.05, 0) is 6.92 Å². The van der Waals surface area contributed by atoms with E-state index in [4.69, 9.17) is 5.11 Å². The van der Waals surface area contributed by atoms with Gasteiger partial charge in [-0.1, -0.05) is 13.8 Å². The van der Waals surface area contributed by atoms with Crippen molar-refractivity contribution < 1.29 is 18.7 Å². The predicted octanol–water partition coefficient (Wildman–Crippen LogP) is 3.08. The molecule has 2 rings (SSSR count). The van der Waals surface area contributed by atoms with Crippen LogP contribution in [-0.2, 0) is 4.79 Å². The number of aromatic nitrogens is 2. The lowest BCUT2D eigenvalue weighted by molar-refractivity contribution is -0.140. The Morgan fingerprint density at radius 3 is 2.37 bits per heavy atom. The van der Waals surface area contributed by atoms with E-state index < -0.39 is 23.6 Å². The number of nitrogens with zero attached hydrogens (tertiary/aromatic N) is 2. The molecule has 1 N–H and O–H groups in total. The highest BCUT2D eigenvalue weighted by atomic mass is 19.2. The molecule has 0 radical (unpaired) electrons. The summed E-state index contributed by atoms with van der Waals surface area (Å²) in [7, 11) is 0. The van der Waals surface area contributed by atoms with Crippen LogP contribution >= 0.6 is 0 Å². The molecule has 1 atom stereocenters. The van der Waals surface area contributed by atoms with Crippen molar-refractivity contribution in [2.75, 3.05) is 0 Å². The van der Waals surface area contributed by atoms with Crippen molar-refractivity contribution in [1.29, 1.82) is 0 Å². The summed E-state index contributed by atoms with van der Waals surface area (Å²) in [6.07, 6.45) is 0. The Balaban J connectivity index is 2.80. The van der Waals surface area contributed by atoms with Crippen molar-refractivity contribution in [2.24, 2.45) is 0 Å². The van der Waals surface area contributed by atoms with Gasteiger partial charge in [-0.15, -0.1) is 0 Å². The number of hydrogen-bond donors (Lipinski definition) is 1. The molecule has 0 amide bonds. The van der Waals surface area contributed by atoms with Gasteiger partial charge in [-0.3, -0.25) is 0 Å². The molecule has 1 unspecified atom stereocenters. The van der Waals surface area contributed by atoms with Crippen molar-refractivity contribution in [2.45, 2.75) is 32.7 Å². The number of fused-ring (bicyclic) bond motifs is 1. The van der Waals surface area contributed by atoms with Crippen molar-refractivity contribution in [3.05, 3.63) is 29.6 Å². The minimum atomic E-state index is -1.05. The molecule has 0 aliphatic rings. The van der Waals surface area contributed by atoms with Crippen molar-refractivity contribution in [3.63, 3.8) is 0 Å². The highest BCUT2D eigenvalue weighted by Crippen LogP contribution is 2.27. The molecule has 0 bridgehead atoms. The van der Waals surface area contributed by atoms with Crippen LogP contribution in [0.25, 0.3) is 11.0 Å². The average molecular weight is 268 g/mol. The van der Waals surface area contributed by atoms with E-state index >= 15 is 0 Å². The monoisotopic (exact) mass is 268 g/mol. The van der Waals surface area contributed by atoms with E-state index in [0.717, 1.165) is 12.1 Å². The molecule has 0 saturated carbocycles. The zero-order chi connectivity index (χ0) is 14.3. The number of halogens is 2. The van der Waals surface area contributed by atoms with Crippen LogP contribution in [0.4, 0.5) is 8.78 Å². The van der Waals surface area contributed by atoms with Gasteiger partial charge in [-0.2, -0.15) is 0 Å². The Kier molecular flexibility index (Phi) is 3.26. The van der Waals surface area contributed by atoms with Crippen LogP contribution in [-0.4, -0.2) is 20.6 Å². The molecule has 0 saturated heterocycles. The number of hydrogen-bond acceptors (Lipinski definition) is 2. The average Bonchev–Trinajstić information content (AvgIpc) is 2.67. The first-order chi connectivity index (χ1) is 8.82. The molecule has 2 aromatic rings. The Bertz CT molecular complexity index is 650. The standard InChI is InChI=1S/C13H14F2N2O2/c1-6(2)12-16-10-4-8(14)9(15)5-11(10)17(12)7(3)13(18)19/h4-7H,1-3H3,(H,18,19). The summed E-state index contributed by atoms with van der Waals surface area (Å²) in [6, 6.07) is 1.08. The van der Waals surface area contributed by atoms with Crippen LogP contribution < -0.4 is 0 Å². The molecule has 1 aromatic heterocycles. The molecule has 19 heavy (non-hydrogen) atoms. The summed E-state index contributed by atoms with van der Waals surface area (Å²) in [5.41, 5.74) is 0.549. The molecule has 0 fully saturated rings. The number of carbonyl (C=O) groups is 1. The number of aliphatic carboxylic acids is 1. The Morgan fingerprint density at radius 2 is 1.84 bits per heavy atom. The molecular weight excluding hydrogens is 254 g/mol. The topological polar surface area (TPSA) is 55.1 Å². The first-order valence-corrected chi connectivity index (χ1v) is 5.92. The molecule has 0 aliphatic carbocycles. The SMILES string of the molecule is CC(C)c1nc2cc(F)c(F)cc2n1C(C)C(=O)O. The Hall–Kier alpha value is -1.98. The van der Waals surface area contributed by atoms with E-state index in [1.807, 2.05) is 13.8 Å². The maximum absolute atomic E-state index is 13.3. The lowest BCUT2D eigenvalue weighted by Crippen LogP contribution is -2.18. The molecule has 0 aliphatic heterocycles. The smallest absolute Gasteiger partial charge is 0.326 e. The van der Waals surface area contributed by atoms with Crippen LogP contribution in [0.2, 0.25) is 0 Å². The van der Waals surface area contributed by atoms with Crippen LogP contribution in [0.1, 0.15) is 38.6 Å². The second kappa shape index (κ2) is 4.60. The summed E-state index contributed by atoms with van der Waals surface area (Å²) in [4.78, 5) is 15.4. The van der Waals surface area contributed by atoms with E-state index in [1.54, 1.807) is 0 Å². The van der Waals surface area contributed by atoms with E-state index in [0.29, 0.717) is 5.82 Å². The van der Waals surface area contributed by atoms with E-state index in [9.17, 15) is 13.6 Å². The van der Waals surface area contributed by atoms with Crippen LogP contribution in [0.5, 0.6) is 0 Å². The molecule has 1 heterocycles. The van der Waals surface area contributed by atoms with Crippen LogP contribution in [0, 0.1) is 11.6 Å². The molecule has 102 valence electrons. The summed E-state index contributed by atoms with van der Waals surface area (Å²) in [6.45, 7) is 5.18. The summed E-state index contributed by atoms with van der Waals surface area (Å²) < 4.78 is 28.0. The van der Waals surface area contributed by atoms with E-state index in [1.165, 1.54) is 11.5 Å². The molecular formula is C13H14F2N2O2. The van der Waals surface area contributed by atoms with Gasteiger partial charge in [0, 0.05) is 18.1 Å². The minimum Gasteiger partial charge on any atom is -0.480 e. The van der Waals surface area contributed by atoms with Gasteiger partial charge in [0.1, 0.15) is 11.9 Å². The largest absolute Gasteiger partial charge is 0.480 e. The lowest BCUT2D eigenvalue weighted by atomic mass is 10.2. The fourth-order valence-corrected chi connectivity index (χ4v) is 2.03. The normalized spacial score (nSPS) is 13.2. The fraction of sp³-hybridized carbons (Fsp3) is 0.385. The summed E-state index contributed by atoms with van der Waals surface area (Å²) >= 11 is 0. The van der Waals surface area contributed by atoms with Crippen LogP contribution in [0.15, 0.2) is 12.1 Å². The first-order valence-electron chi connectivity index (χ1n) is 5.92. The number of carboxylic acid groups (broad SMARTS) is 1. The predicted molar refractivity (Wildman–Crippen MR) is 66.1 cm³/mol. The minimum absolute atomic E-state index is 0.0553. The van der Waals surface area contributed by atoms with Crippen molar-refractivity contribution in [3.8, 4) is 0 Å². The Morgan fingerprint density at radius 1 is 1.26 bits per heavy atom. The number of rotatable bonds is 3. The number of carboxylic acids is 1. The van der Waals surface area contributed by atoms with E-state index in [-0.39, 0.29) is 17.0 Å². The fourth-order valence-electron chi connectivity index (χ4n) is 2.03. The third-order valence-corrected chi connectivity index (χ3v) is 3.02. The Labute approximate surface area is 108 Å². The van der Waals surface area contributed by atoms with Gasteiger partial charge < -0.3 is 9.67 Å². The van der Waals surface area contributed by atoms with Crippen molar-refractivity contribution >= 4 is 17.0 Å². The van der Waals surface area contributed by atoms with Gasteiger partial charge >= 0.3 is 5.97 Å². The summed E-state index contributed by atoms with van der Waals surface area (Å²) in [5, 5.41) is 9.13. The summed E-state index contributed by atoms with van der Waals surface area (Å²) in [5.74, 6) is -2.61. The van der Waals surface area contributed by atoms with Gasteiger partial charge in [0.25, 0.3) is 0 Å². The maximum atomic E-state index is 13.3.